The molecule has 76 valence electrons. The fourth-order valence-electron chi connectivity index (χ4n) is 0.260. The first kappa shape index (κ1) is 14.3. The molecule has 0 saturated heterocycles. The number of likely N-dealkylation sites (N-methyl/N-ethyl adjacent to an activating group) is 1. The topological polar surface area (TPSA) is 113 Å². The maximum Gasteiger partial charge on any atom is 0.267 e. The second kappa shape index (κ2) is 8.88. The van der Waals surface area contributed by atoms with Crippen LogP contribution in [-0.2, 0) is 10.1 Å². The highest BCUT2D eigenvalue weighted by atomic mass is 32.2. The lowest BCUT2D eigenvalue weighted by Crippen LogP contribution is -2.17. The van der Waals surface area contributed by atoms with Crippen LogP contribution in [0.4, 0.5) is 0 Å². The highest BCUT2D eigenvalue weighted by Gasteiger charge is 1.99. The van der Waals surface area contributed by atoms with Gasteiger partial charge >= 0.3 is 0 Å². The molecule has 0 atom stereocenters. The largest absolute Gasteiger partial charge is 0.395 e. The first-order valence-corrected chi connectivity index (χ1v) is 4.99. The number of aliphatic hydroxyl groups is 1. The Bertz CT molecular complexity index is 166. The van der Waals surface area contributed by atoms with Gasteiger partial charge in [0.1, 0.15) is 0 Å². The maximum atomic E-state index is 9.63. The van der Waals surface area contributed by atoms with E-state index in [1.807, 2.05) is 7.05 Å². The average Bonchev–Trinajstić information content (AvgIpc) is 1.87. The molecule has 0 aliphatic carbocycles. The Morgan fingerprint density at radius 3 is 2.00 bits per heavy atom. The summed E-state index contributed by atoms with van der Waals surface area (Å²) in [5, 5.41) is 10.8. The van der Waals surface area contributed by atoms with E-state index in [1.54, 1.807) is 0 Å². The second-order valence-corrected chi connectivity index (χ2v) is 3.47. The van der Waals surface area contributed by atoms with E-state index in [1.165, 1.54) is 0 Å². The molecule has 6 nitrogen and oxygen atoms in total. The van der Waals surface area contributed by atoms with Gasteiger partial charge in [-0.25, -0.2) is 0 Å². The molecule has 0 radical (unpaired) electrons. The van der Waals surface area contributed by atoms with E-state index in [4.69, 9.17) is 15.4 Å². The Balaban J connectivity index is 0. The molecule has 0 aliphatic rings. The van der Waals surface area contributed by atoms with E-state index in [0.29, 0.717) is 0 Å². The summed E-state index contributed by atoms with van der Waals surface area (Å²) in [5.41, 5.74) is 5.08. The summed E-state index contributed by atoms with van der Waals surface area (Å²) in [6.07, 6.45) is 0. The van der Waals surface area contributed by atoms with Gasteiger partial charge in [0.25, 0.3) is 10.1 Å². The molecule has 5 N–H and O–H groups in total. The summed E-state index contributed by atoms with van der Waals surface area (Å²) >= 11 is 0. The van der Waals surface area contributed by atoms with Crippen LogP contribution in [0.5, 0.6) is 0 Å². The van der Waals surface area contributed by atoms with Gasteiger partial charge < -0.3 is 16.2 Å². The van der Waals surface area contributed by atoms with Crippen LogP contribution in [0.3, 0.4) is 0 Å². The number of aliphatic hydroxyl groups excluding tert-OH is 1. The van der Waals surface area contributed by atoms with Gasteiger partial charge in [-0.3, -0.25) is 4.55 Å². The van der Waals surface area contributed by atoms with E-state index in [0.717, 1.165) is 13.1 Å². The summed E-state index contributed by atoms with van der Waals surface area (Å²) < 4.78 is 27.1. The zero-order chi connectivity index (χ0) is 10.0. The van der Waals surface area contributed by atoms with Gasteiger partial charge in [-0.2, -0.15) is 8.42 Å². The molecule has 0 amide bonds. The van der Waals surface area contributed by atoms with Crippen molar-refractivity contribution in [3.8, 4) is 0 Å². The van der Waals surface area contributed by atoms with Gasteiger partial charge in [0.05, 0.1) is 12.4 Å². The lowest BCUT2D eigenvalue weighted by Gasteiger charge is -1.85. The van der Waals surface area contributed by atoms with E-state index in [-0.39, 0.29) is 0 Å². The molecule has 0 heterocycles. The number of nitrogens with one attached hydrogen (secondary N) is 1. The fraction of sp³-hybridized carbons (Fsp3) is 1.00. The van der Waals surface area contributed by atoms with Gasteiger partial charge in [0.2, 0.25) is 0 Å². The number of hydrogen-bond acceptors (Lipinski definition) is 5. The fourth-order valence-corrected chi connectivity index (χ4v) is 0.490. The summed E-state index contributed by atoms with van der Waals surface area (Å²) in [5.74, 6) is -0.576. The van der Waals surface area contributed by atoms with Crippen LogP contribution in [0.25, 0.3) is 0 Å². The van der Waals surface area contributed by atoms with Crippen molar-refractivity contribution in [1.82, 2.24) is 5.32 Å². The molecular weight excluding hydrogens is 184 g/mol. The smallest absolute Gasteiger partial charge is 0.267 e. The van der Waals surface area contributed by atoms with Crippen molar-refractivity contribution in [1.29, 1.82) is 0 Å². The highest BCUT2D eigenvalue weighted by Crippen LogP contribution is 1.75. The van der Waals surface area contributed by atoms with Crippen LogP contribution < -0.4 is 11.1 Å². The van der Waals surface area contributed by atoms with Crippen LogP contribution in [0.1, 0.15) is 0 Å². The minimum atomic E-state index is -3.92. The lowest BCUT2D eigenvalue weighted by atomic mass is 10.7. The van der Waals surface area contributed by atoms with Crippen LogP contribution in [-0.4, -0.2) is 50.6 Å². The third kappa shape index (κ3) is 22.6. The number of nitrogens with two attached hydrogens (primary N) is 1. The third-order valence-corrected chi connectivity index (χ3v) is 1.44. The van der Waals surface area contributed by atoms with Crippen molar-refractivity contribution in [3.63, 3.8) is 0 Å². The molecule has 0 aliphatic heterocycles. The Kier molecular flexibility index (Phi) is 10.6. The predicted octanol–water partition coefficient (Wildman–Crippen LogP) is -1.97. The van der Waals surface area contributed by atoms with Crippen molar-refractivity contribution < 1.29 is 18.1 Å². The molecule has 7 heteroatoms. The molecule has 0 spiro atoms. The van der Waals surface area contributed by atoms with Crippen LogP contribution in [0.2, 0.25) is 0 Å². The molecule has 0 unspecified atom stereocenters. The maximum absolute atomic E-state index is 9.63. The van der Waals surface area contributed by atoms with Crippen molar-refractivity contribution in [2.24, 2.45) is 5.73 Å². The predicted molar refractivity (Wildman–Crippen MR) is 46.5 cm³/mol. The Hall–Kier alpha value is -0.210. The molecule has 0 saturated carbocycles. The van der Waals surface area contributed by atoms with E-state index < -0.39 is 22.5 Å². The molecule has 0 aromatic carbocycles. The Labute approximate surface area is 72.5 Å². The zero-order valence-electron chi connectivity index (χ0n) is 7.02. The summed E-state index contributed by atoms with van der Waals surface area (Å²) in [6, 6.07) is 0. The minimum Gasteiger partial charge on any atom is -0.395 e. The van der Waals surface area contributed by atoms with Crippen LogP contribution >= 0.6 is 0 Å². The monoisotopic (exact) mass is 200 g/mol. The standard InChI is InChI=1S/C3H10N2.C2H6O4S/c1-5-3-2-4;3-1-2-7(4,5)6/h5H,2-4H2,1H3;3H,1-2H2,(H,4,5,6). The molecule has 0 rings (SSSR count). The molecule has 12 heavy (non-hydrogen) atoms. The van der Waals surface area contributed by atoms with Crippen molar-refractivity contribution in [2.75, 3.05) is 32.5 Å². The highest BCUT2D eigenvalue weighted by molar-refractivity contribution is 7.85. The SMILES string of the molecule is CNCCN.O=S(=O)(O)CCO. The summed E-state index contributed by atoms with van der Waals surface area (Å²) in [4.78, 5) is 0. The van der Waals surface area contributed by atoms with E-state index in [9.17, 15) is 8.42 Å². The summed E-state index contributed by atoms with van der Waals surface area (Å²) in [7, 11) is -2.04. The molecular formula is C5H16N2O4S. The van der Waals surface area contributed by atoms with Gasteiger partial charge in [-0.05, 0) is 7.05 Å². The normalized spacial score (nSPS) is 10.3. The van der Waals surface area contributed by atoms with Crippen molar-refractivity contribution in [2.45, 2.75) is 0 Å². The Morgan fingerprint density at radius 1 is 1.50 bits per heavy atom. The van der Waals surface area contributed by atoms with Gasteiger partial charge in [-0.15, -0.1) is 0 Å². The minimum absolute atomic E-state index is 0.529. The van der Waals surface area contributed by atoms with Crippen molar-refractivity contribution >= 4 is 10.1 Å². The van der Waals surface area contributed by atoms with Crippen LogP contribution in [0.15, 0.2) is 0 Å². The van der Waals surface area contributed by atoms with Crippen LogP contribution in [0, 0.1) is 0 Å². The molecule has 0 aromatic rings. The quantitative estimate of drug-likeness (QED) is 0.392. The zero-order valence-corrected chi connectivity index (χ0v) is 7.84. The number of rotatable bonds is 4. The van der Waals surface area contributed by atoms with Gasteiger partial charge in [0.15, 0.2) is 0 Å². The first-order chi connectivity index (χ1) is 5.47. The van der Waals surface area contributed by atoms with Gasteiger partial charge in [0, 0.05) is 13.1 Å². The third-order valence-electron chi connectivity index (χ3n) is 0.744. The average molecular weight is 200 g/mol. The summed E-state index contributed by atoms with van der Waals surface area (Å²) in [6.45, 7) is 1.12. The lowest BCUT2D eigenvalue weighted by molar-refractivity contribution is 0.315. The molecule has 0 fully saturated rings. The second-order valence-electron chi connectivity index (χ2n) is 1.90. The van der Waals surface area contributed by atoms with Crippen molar-refractivity contribution in [3.05, 3.63) is 0 Å². The Morgan fingerprint density at radius 2 is 2.00 bits per heavy atom. The molecule has 0 bridgehead atoms. The van der Waals surface area contributed by atoms with E-state index in [2.05, 4.69) is 5.32 Å². The first-order valence-electron chi connectivity index (χ1n) is 3.38. The van der Waals surface area contributed by atoms with Gasteiger partial charge in [-0.1, -0.05) is 0 Å². The number of hydrogen-bond donors (Lipinski definition) is 4. The van der Waals surface area contributed by atoms with E-state index >= 15 is 0 Å². The molecule has 0 aromatic heterocycles.